The topological polar surface area (TPSA) is 492 Å². The molecule has 0 aromatic carbocycles. The average Bonchev–Trinajstić information content (AvgIpc) is 0.734. The standard InChI is InChI=1S/C63H102O31/c1-24-34(71)36(73)39(76)51(86-24)90-44-31(70)20-83-50(42(44)79)89-43-25(2)87-52(40(77)37(43)74)92-46-35(72)30(69)19-84-54(46)94-56(81)62-13-11-57(3,4)15-27(62)26-9-10-33-58(5)16-29(68)49(59(6,21-65)47(58)28(67)17-61(33,8)60(26,7)12-14-62)93-53-41(78)38(75)45(32(18-64)88-53)91-55-48(80)63(82,22-66)23-85-55/h9,24-25,27-55,64-80,82H,10-23H2,1-8H3/t24-,25-,27-,28+,29-,30-,31+,32+,33+,34-,35-,36+,37-,38+,39+,40+,41+,42+,43-,44-,45+,46+,47+,48-,49-,50-,51-,52-,53-,54-,55-,58+,59-,60+,61+,62-,63+/m0/s1. The minimum absolute atomic E-state index is 0.0409. The number of esters is 1. The predicted molar refractivity (Wildman–Crippen MR) is 311 cm³/mol. The van der Waals surface area contributed by atoms with E-state index in [2.05, 4.69) is 33.8 Å². The molecule has 4 saturated carbocycles. The number of hydrogen-bond acceptors (Lipinski definition) is 31. The SMILES string of the molecule is C[C@@H]1O[C@@H](O[C@@H]2[C@@H](O)[C@H](O[C@@H]3[C@@H](O)[C@@H](O)[C@H](O[C@H]4[C@H](OC(=O)[C@]56CCC(C)(C)C[C@H]5C5=CC[C@@H]7[C@@]8(C)C[C@H](O)[C@H](O[C@@H]9O[C@H](CO)[C@@H](O[C@@H]%10OC[C@](O)(CO)[C@H]%10O)[C@H](O)[C@H]9O)[C@@](C)(CO)[C@@H]8[C@H](O)C[C@@]7(C)[C@]5(C)CC6)OC[C@H](O)[C@@H]4O)O[C@H]3C)OC[C@H]2O)[C@H](O)[C@H](O)[C@H]1O. The van der Waals surface area contributed by atoms with Crippen LogP contribution in [0.25, 0.3) is 0 Å². The molecule has 0 aromatic heterocycles. The summed E-state index contributed by atoms with van der Waals surface area (Å²) in [7, 11) is 0. The fraction of sp³-hybridized carbons (Fsp3) is 0.952. The summed E-state index contributed by atoms with van der Waals surface area (Å²) < 4.78 is 70.7. The second-order valence-electron chi connectivity index (χ2n) is 30.8. The Morgan fingerprint density at radius 3 is 1.77 bits per heavy atom. The number of carbonyl (C=O) groups is 1. The van der Waals surface area contributed by atoms with Gasteiger partial charge in [-0.25, -0.2) is 0 Å². The number of hydrogen-bond donors (Lipinski definition) is 18. The molecule has 6 aliphatic heterocycles. The lowest BCUT2D eigenvalue weighted by atomic mass is 9.33. The Kier molecular flexibility index (Phi) is 20.9. The third-order valence-corrected chi connectivity index (χ3v) is 24.5. The summed E-state index contributed by atoms with van der Waals surface area (Å²) in [5.41, 5.74) is -6.29. The molecule has 0 bridgehead atoms. The summed E-state index contributed by atoms with van der Waals surface area (Å²) in [5.74, 6) is -2.10. The Balaban J connectivity index is 0.785. The van der Waals surface area contributed by atoms with E-state index in [1.807, 2.05) is 6.92 Å². The van der Waals surface area contributed by atoms with Gasteiger partial charge in [0.05, 0.1) is 75.6 Å². The molecule has 18 N–H and O–H groups in total. The highest BCUT2D eigenvalue weighted by Gasteiger charge is 2.74. The quantitative estimate of drug-likeness (QED) is 0.0413. The van der Waals surface area contributed by atoms with E-state index in [-0.39, 0.29) is 24.2 Å². The first-order valence-corrected chi connectivity index (χ1v) is 33.1. The average molecular weight is 1360 g/mol. The van der Waals surface area contributed by atoms with E-state index in [0.717, 1.165) is 5.57 Å². The van der Waals surface area contributed by atoms with Crippen LogP contribution in [0.4, 0.5) is 0 Å². The number of aliphatic hydroxyl groups excluding tert-OH is 17. The Hall–Kier alpha value is -1.95. The second-order valence-corrected chi connectivity index (χ2v) is 30.8. The van der Waals surface area contributed by atoms with Crippen LogP contribution < -0.4 is 0 Å². The lowest BCUT2D eigenvalue weighted by Gasteiger charge is -2.72. The lowest BCUT2D eigenvalue weighted by Crippen LogP contribution is -2.72. The monoisotopic (exact) mass is 1350 g/mol. The van der Waals surface area contributed by atoms with Gasteiger partial charge >= 0.3 is 5.97 Å². The maximum atomic E-state index is 15.5. The van der Waals surface area contributed by atoms with Gasteiger partial charge in [-0.2, -0.15) is 0 Å². The van der Waals surface area contributed by atoms with Crippen LogP contribution in [-0.2, 0) is 61.6 Å². The molecule has 0 amide bonds. The minimum atomic E-state index is -2.08. The highest BCUT2D eigenvalue weighted by atomic mass is 16.8. The Bertz CT molecular complexity index is 2680. The first-order valence-electron chi connectivity index (χ1n) is 33.1. The Labute approximate surface area is 543 Å². The van der Waals surface area contributed by atoms with Gasteiger partial charge in [0.1, 0.15) is 103 Å². The molecule has 11 rings (SSSR count). The van der Waals surface area contributed by atoms with Crippen LogP contribution in [0.5, 0.6) is 0 Å². The van der Waals surface area contributed by atoms with Crippen molar-refractivity contribution in [2.45, 2.75) is 284 Å². The molecule has 6 saturated heterocycles. The van der Waals surface area contributed by atoms with Crippen LogP contribution in [0.2, 0.25) is 0 Å². The van der Waals surface area contributed by atoms with Crippen LogP contribution in [0.3, 0.4) is 0 Å². The van der Waals surface area contributed by atoms with Crippen LogP contribution in [0, 0.1) is 50.2 Å². The van der Waals surface area contributed by atoms with E-state index in [4.69, 9.17) is 56.8 Å². The summed E-state index contributed by atoms with van der Waals surface area (Å²) in [6.07, 6.45) is -39.7. The van der Waals surface area contributed by atoms with E-state index in [9.17, 15) is 91.9 Å². The maximum absolute atomic E-state index is 15.5. The van der Waals surface area contributed by atoms with Crippen molar-refractivity contribution in [3.63, 3.8) is 0 Å². The smallest absolute Gasteiger partial charge is 0.315 e. The third kappa shape index (κ3) is 12.1. The van der Waals surface area contributed by atoms with Crippen LogP contribution >= 0.6 is 0 Å². The highest BCUT2D eigenvalue weighted by Crippen LogP contribution is 2.76. The first-order chi connectivity index (χ1) is 44.0. The zero-order valence-corrected chi connectivity index (χ0v) is 54.2. The fourth-order valence-electron chi connectivity index (χ4n) is 18.9. The molecule has 10 fully saturated rings. The highest BCUT2D eigenvalue weighted by molar-refractivity contribution is 5.79. The van der Waals surface area contributed by atoms with Gasteiger partial charge in [-0.05, 0) is 98.7 Å². The normalized spacial score (nSPS) is 55.9. The van der Waals surface area contributed by atoms with Gasteiger partial charge in [-0.3, -0.25) is 4.79 Å². The van der Waals surface area contributed by atoms with Crippen molar-refractivity contribution >= 4 is 5.97 Å². The van der Waals surface area contributed by atoms with Gasteiger partial charge in [0, 0.05) is 11.3 Å². The summed E-state index contributed by atoms with van der Waals surface area (Å²) >= 11 is 0. The molecule has 11 aliphatic rings. The fourth-order valence-corrected chi connectivity index (χ4v) is 18.9. The van der Waals surface area contributed by atoms with E-state index >= 15 is 4.79 Å². The van der Waals surface area contributed by atoms with Crippen molar-refractivity contribution in [3.05, 3.63) is 11.6 Å². The van der Waals surface area contributed by atoms with Crippen molar-refractivity contribution in [1.82, 2.24) is 0 Å². The molecule has 0 unspecified atom stereocenters. The van der Waals surface area contributed by atoms with Crippen molar-refractivity contribution < 1.29 is 154 Å². The van der Waals surface area contributed by atoms with Gasteiger partial charge in [0.25, 0.3) is 0 Å². The number of carbonyl (C=O) groups excluding carboxylic acids is 1. The molecule has 0 spiro atoms. The number of ether oxygens (including phenoxy) is 12. The second kappa shape index (κ2) is 26.8. The van der Waals surface area contributed by atoms with Crippen LogP contribution in [0.1, 0.15) is 107 Å². The molecule has 31 nitrogen and oxygen atoms in total. The summed E-state index contributed by atoms with van der Waals surface area (Å²) in [5, 5.41) is 200. The van der Waals surface area contributed by atoms with Gasteiger partial charge in [0.2, 0.25) is 6.29 Å². The summed E-state index contributed by atoms with van der Waals surface area (Å²) in [4.78, 5) is 15.5. The molecule has 0 aromatic rings. The zero-order valence-electron chi connectivity index (χ0n) is 54.2. The lowest BCUT2D eigenvalue weighted by molar-refractivity contribution is -0.377. The van der Waals surface area contributed by atoms with Crippen LogP contribution in [-0.4, -0.2) is 315 Å². The van der Waals surface area contributed by atoms with Crippen molar-refractivity contribution in [1.29, 1.82) is 0 Å². The molecule has 0 radical (unpaired) electrons. The number of rotatable bonds is 15. The van der Waals surface area contributed by atoms with Gasteiger partial charge < -0.3 is 149 Å². The third-order valence-electron chi connectivity index (χ3n) is 24.5. The van der Waals surface area contributed by atoms with Gasteiger partial charge in [-0.15, -0.1) is 0 Å². The predicted octanol–water partition coefficient (Wildman–Crippen LogP) is -5.50. The first kappa shape index (κ1) is 73.3. The molecule has 31 heteroatoms. The van der Waals surface area contributed by atoms with E-state index in [1.54, 1.807) is 6.92 Å². The molecule has 94 heavy (non-hydrogen) atoms. The number of allylic oxidation sites excluding steroid dienone is 2. The Morgan fingerprint density at radius 2 is 1.12 bits per heavy atom. The molecule has 37 atom stereocenters. The largest absolute Gasteiger partial charge is 0.432 e. The van der Waals surface area contributed by atoms with E-state index < -0.39 is 262 Å². The molecule has 6 heterocycles. The van der Waals surface area contributed by atoms with E-state index in [1.165, 1.54) is 13.8 Å². The van der Waals surface area contributed by atoms with Gasteiger partial charge in [-0.1, -0.05) is 53.2 Å². The number of aliphatic hydroxyl groups is 18. The van der Waals surface area contributed by atoms with Crippen molar-refractivity contribution in [3.8, 4) is 0 Å². The summed E-state index contributed by atoms with van der Waals surface area (Å²) in [6, 6.07) is 0. The van der Waals surface area contributed by atoms with Crippen LogP contribution in [0.15, 0.2) is 11.6 Å². The molecular weight excluding hydrogens is 1250 g/mol. The minimum Gasteiger partial charge on any atom is -0.432 e. The molecule has 540 valence electrons. The van der Waals surface area contributed by atoms with E-state index in [0.29, 0.717) is 38.5 Å². The van der Waals surface area contributed by atoms with Crippen molar-refractivity contribution in [2.75, 3.05) is 39.6 Å². The maximum Gasteiger partial charge on any atom is 0.315 e. The molecular formula is C63H102O31. The number of fused-ring (bicyclic) bond motifs is 7. The van der Waals surface area contributed by atoms with Gasteiger partial charge in [0.15, 0.2) is 37.6 Å². The molecule has 5 aliphatic carbocycles. The van der Waals surface area contributed by atoms with Crippen molar-refractivity contribution in [2.24, 2.45) is 50.2 Å². The zero-order chi connectivity index (χ0) is 68.6. The Morgan fingerprint density at radius 1 is 0.532 bits per heavy atom. The summed E-state index contributed by atoms with van der Waals surface area (Å²) in [6.45, 7) is 11.3.